The van der Waals surface area contributed by atoms with Crippen molar-refractivity contribution in [2.45, 2.75) is 145 Å². The van der Waals surface area contributed by atoms with Crippen LogP contribution < -0.4 is 37.6 Å². The predicted molar refractivity (Wildman–Crippen MR) is 477 cm³/mol. The van der Waals surface area contributed by atoms with E-state index in [1.807, 2.05) is 102 Å². The van der Waals surface area contributed by atoms with E-state index in [4.69, 9.17) is 5.73 Å². The molecule has 5 aliphatic heterocycles. The molecule has 5 fully saturated rings. The fourth-order valence-electron chi connectivity index (χ4n) is 17.7. The second kappa shape index (κ2) is 44.0. The summed E-state index contributed by atoms with van der Waals surface area (Å²) in [6.45, 7) is 16.4. The maximum atomic E-state index is 14.2. The van der Waals surface area contributed by atoms with Gasteiger partial charge in [0.15, 0.2) is 0 Å². The molecular weight excluding hydrogens is 1480 g/mol. The Hall–Kier alpha value is -10.5. The molecule has 6 atom stereocenters. The van der Waals surface area contributed by atoms with Crippen LogP contribution in [0.1, 0.15) is 162 Å². The molecular formula is C100H121FN12O6. The van der Waals surface area contributed by atoms with Crippen molar-refractivity contribution in [1.29, 1.82) is 0 Å². The average Bonchev–Trinajstić information content (AvgIpc) is 1.05. The number of piperidine rings is 1. The third-order valence-corrected chi connectivity index (χ3v) is 24.8. The number of fused-ring (bicyclic) bond motifs is 3. The third kappa shape index (κ3) is 24.4. The number of nitrogens with zero attached hydrogens (tertiary/aromatic N) is 5. The van der Waals surface area contributed by atoms with E-state index in [-0.39, 0.29) is 89.3 Å². The smallest absolute Gasteiger partial charge is 0.251 e. The number of halogens is 1. The van der Waals surface area contributed by atoms with Crippen molar-refractivity contribution in [1.82, 2.24) is 56.4 Å². The van der Waals surface area contributed by atoms with Gasteiger partial charge in [-0.1, -0.05) is 227 Å². The summed E-state index contributed by atoms with van der Waals surface area (Å²) in [5.74, 6) is 0.481. The number of rotatable bonds is 29. The maximum Gasteiger partial charge on any atom is 0.251 e. The molecule has 10 aromatic rings. The Morgan fingerprint density at radius 1 is 0.378 bits per heavy atom. The van der Waals surface area contributed by atoms with Gasteiger partial charge in [-0.3, -0.25) is 28.8 Å². The molecule has 6 amide bonds. The Bertz CT molecular complexity index is 4830. The van der Waals surface area contributed by atoms with Gasteiger partial charge in [0, 0.05) is 119 Å². The largest absolute Gasteiger partial charge is 0.350 e. The van der Waals surface area contributed by atoms with Gasteiger partial charge in [-0.05, 0) is 206 Å². The van der Waals surface area contributed by atoms with E-state index in [2.05, 4.69) is 175 Å². The topological polar surface area (TPSA) is 217 Å². The first-order valence-corrected chi connectivity index (χ1v) is 43.7. The van der Waals surface area contributed by atoms with Crippen molar-refractivity contribution in [3.63, 3.8) is 0 Å². The highest BCUT2D eigenvalue weighted by atomic mass is 19.1. The molecule has 0 bridgehead atoms. The van der Waals surface area contributed by atoms with Gasteiger partial charge in [-0.15, -0.1) is 0 Å². The summed E-state index contributed by atoms with van der Waals surface area (Å²) in [4.78, 5) is 91.6. The molecule has 0 radical (unpaired) electrons. The second-order valence-electron chi connectivity index (χ2n) is 33.0. The first-order chi connectivity index (χ1) is 58.2. The molecule has 19 heteroatoms. The van der Waals surface area contributed by atoms with Crippen molar-refractivity contribution < 1.29 is 33.2 Å². The quantitative estimate of drug-likeness (QED) is 0.0233. The van der Waals surface area contributed by atoms with E-state index in [0.717, 1.165) is 123 Å². The van der Waals surface area contributed by atoms with Gasteiger partial charge in [-0.2, -0.15) is 0 Å². The highest BCUT2D eigenvalue weighted by Crippen LogP contribution is 2.31. The van der Waals surface area contributed by atoms with Gasteiger partial charge >= 0.3 is 0 Å². The number of amides is 6. The lowest BCUT2D eigenvalue weighted by molar-refractivity contribution is -0.134. The van der Waals surface area contributed by atoms with Crippen LogP contribution in [0.4, 0.5) is 4.39 Å². The van der Waals surface area contributed by atoms with Crippen LogP contribution in [0.2, 0.25) is 0 Å². The predicted octanol–water partition coefficient (Wildman–Crippen LogP) is 14.3. The van der Waals surface area contributed by atoms with Crippen LogP contribution in [-0.2, 0) is 14.4 Å². The second-order valence-corrected chi connectivity index (χ2v) is 33.0. The molecule has 10 aromatic carbocycles. The molecule has 5 heterocycles. The summed E-state index contributed by atoms with van der Waals surface area (Å²) >= 11 is 0. The normalized spacial score (nSPS) is 19.6. The fourth-order valence-corrected chi connectivity index (χ4v) is 17.7. The fraction of sp³-hybridized carbons (Fsp3) is 0.400. The van der Waals surface area contributed by atoms with Crippen molar-refractivity contribution in [2.24, 2.45) is 11.7 Å². The molecule has 0 saturated carbocycles. The lowest BCUT2D eigenvalue weighted by Crippen LogP contribution is -2.50. The minimum Gasteiger partial charge on any atom is -0.350 e. The van der Waals surface area contributed by atoms with Crippen molar-refractivity contribution in [3.05, 3.63) is 287 Å². The number of carbonyl (C=O) groups is 6. The Balaban J connectivity index is 0.000000157. The summed E-state index contributed by atoms with van der Waals surface area (Å²) in [6, 6.07) is 78.7. The summed E-state index contributed by atoms with van der Waals surface area (Å²) in [5, 5.41) is 26.0. The minimum absolute atomic E-state index is 0.00612. The lowest BCUT2D eigenvalue weighted by atomic mass is 9.90. The number of nitrogens with two attached hydrogens (primary N) is 1. The summed E-state index contributed by atoms with van der Waals surface area (Å²) in [7, 11) is 0. The third-order valence-electron chi connectivity index (χ3n) is 24.8. The highest BCUT2D eigenvalue weighted by Gasteiger charge is 2.37. The first kappa shape index (κ1) is 86.3. The SMILES string of the molecule is CCC(CC)CN1CC[C@@H](CNC(=O)c2ccc3cc(F)ccc3c2)N[C@@H](CCN)C1=O.O=C(NC[C@@H]1CCN(CC(c2ccccc2)c2ccccc2)C(=O)[C@H](CCN2CCCC2)N1)c1ccc2ccccc2c1.O=C(NC[C@@H]1CCN(CC(c2ccccc2)c2ccccc2)C(=O)[C@H](CCN2CCCCC2)N1)c1ccc2ccccc2c1. The van der Waals surface area contributed by atoms with E-state index in [1.54, 1.807) is 24.3 Å². The maximum absolute atomic E-state index is 14.2. The van der Waals surface area contributed by atoms with Crippen molar-refractivity contribution >= 4 is 67.8 Å². The molecule has 0 unspecified atom stereocenters. The summed E-state index contributed by atoms with van der Waals surface area (Å²) in [5.41, 5.74) is 12.5. The molecule has 0 spiro atoms. The average molecular weight is 1610 g/mol. The van der Waals surface area contributed by atoms with E-state index in [9.17, 15) is 33.2 Å². The van der Waals surface area contributed by atoms with Gasteiger partial charge < -0.3 is 62.1 Å². The van der Waals surface area contributed by atoms with Gasteiger partial charge in [0.1, 0.15) is 5.82 Å². The zero-order chi connectivity index (χ0) is 82.7. The monoisotopic (exact) mass is 1600 g/mol. The van der Waals surface area contributed by atoms with Gasteiger partial charge in [0.05, 0.1) is 18.1 Å². The molecule has 0 aliphatic carbocycles. The first-order valence-electron chi connectivity index (χ1n) is 43.7. The van der Waals surface area contributed by atoms with Crippen LogP contribution in [0.5, 0.6) is 0 Å². The minimum atomic E-state index is -0.325. The number of hydrogen-bond acceptors (Lipinski definition) is 12. The van der Waals surface area contributed by atoms with E-state index in [0.29, 0.717) is 87.9 Å². The van der Waals surface area contributed by atoms with E-state index >= 15 is 0 Å². The van der Waals surface area contributed by atoms with Crippen LogP contribution in [0.3, 0.4) is 0 Å². The van der Waals surface area contributed by atoms with Gasteiger partial charge in [0.2, 0.25) is 17.7 Å². The van der Waals surface area contributed by atoms with Crippen molar-refractivity contribution in [3.8, 4) is 0 Å². The Morgan fingerprint density at radius 3 is 1.06 bits per heavy atom. The lowest BCUT2D eigenvalue weighted by Gasteiger charge is -2.31. The molecule has 0 aromatic heterocycles. The van der Waals surface area contributed by atoms with Crippen molar-refractivity contribution in [2.75, 3.05) is 105 Å². The Labute approximate surface area is 702 Å². The van der Waals surface area contributed by atoms with Crippen LogP contribution >= 0.6 is 0 Å². The molecule has 15 rings (SSSR count). The van der Waals surface area contributed by atoms with Crippen LogP contribution in [0, 0.1) is 11.7 Å². The van der Waals surface area contributed by atoms with E-state index in [1.165, 1.54) is 66.5 Å². The molecule has 5 aliphatic rings. The van der Waals surface area contributed by atoms with Gasteiger partial charge in [0.25, 0.3) is 17.7 Å². The standard InChI is InChI=1S/C38H44N4O2.C37H42N4O2.C25H35FN4O2/c43-37(33-19-18-29-12-8-9-17-32(29)26-33)39-27-34-20-25-42(38(44)36(40-34)21-24-41-22-10-3-11-23-41)28-35(30-13-4-1-5-14-30)31-15-6-2-7-16-31;42-36(32-18-17-28-11-7-8-16-31(28)25-32)38-26-33-19-24-41(37(43)35(39-33)20-23-40-21-9-10-22-40)27-34(29-12-3-1-4-13-29)30-14-5-2-6-15-30;1-3-17(4-2)16-30-12-10-22(29-23(9-11-27)25(30)32)15-28-24(31)20-6-5-19-14-21(26)8-7-18(19)13-20/h1-2,4-9,12-19,26,34-36,40H,3,10-11,20-25,27-28H2,(H,39,43);1-8,11-18,25,33-35,39H,9-10,19-24,26-27H2,(H,38,42);5-8,13-14,17,22-23,29H,3-4,9-12,15-16,27H2,1-2H3,(H,28,31)/t34-,36-;33-,35-;22-,23-/m000/s1. The molecule has 18 nitrogen and oxygen atoms in total. The number of benzene rings is 10. The number of likely N-dealkylation sites (tertiary alicyclic amines) is 2. The van der Waals surface area contributed by atoms with Gasteiger partial charge in [-0.25, -0.2) is 4.39 Å². The summed E-state index contributed by atoms with van der Waals surface area (Å²) < 4.78 is 13.4. The van der Waals surface area contributed by atoms with Crippen LogP contribution in [0.25, 0.3) is 32.3 Å². The number of carbonyl (C=O) groups excluding carboxylic acids is 6. The zero-order valence-electron chi connectivity index (χ0n) is 69.4. The van der Waals surface area contributed by atoms with Crippen LogP contribution in [-0.4, -0.2) is 201 Å². The number of hydrogen-bond donors (Lipinski definition) is 7. The Kier molecular flexibility index (Phi) is 31.9. The molecule has 5 saturated heterocycles. The number of nitrogens with one attached hydrogen (secondary N) is 6. The summed E-state index contributed by atoms with van der Waals surface area (Å²) in [6.07, 6.45) is 12.8. The van der Waals surface area contributed by atoms with E-state index < -0.39 is 0 Å². The van der Waals surface area contributed by atoms with Crippen LogP contribution in [0.15, 0.2) is 243 Å². The zero-order valence-corrected chi connectivity index (χ0v) is 69.4. The Morgan fingerprint density at radius 2 is 0.689 bits per heavy atom. The molecule has 8 N–H and O–H groups in total. The molecule has 119 heavy (non-hydrogen) atoms. The molecule has 624 valence electrons. The highest BCUT2D eigenvalue weighted by molar-refractivity contribution is 6.00.